The molecular weight excluding hydrogens is 334 g/mol. The van der Waals surface area contributed by atoms with Crippen molar-refractivity contribution in [1.29, 1.82) is 0 Å². The Balaban J connectivity index is 0.00000101. The Morgan fingerprint density at radius 1 is 0.720 bits per heavy atom. The van der Waals surface area contributed by atoms with Crippen LogP contribution in [0.3, 0.4) is 0 Å². The molecule has 1 aliphatic rings. The molecule has 1 saturated heterocycles. The second kappa shape index (κ2) is 15.0. The normalized spacial score (nSPS) is 16.5. The van der Waals surface area contributed by atoms with Crippen LogP contribution >= 0.6 is 0 Å². The fraction of sp³-hybridized carbons (Fsp3) is 1.00. The molecule has 0 amide bonds. The minimum Gasteiger partial charge on any atom is -0.748 e. The number of rotatable bonds is 13. The van der Waals surface area contributed by atoms with Crippen LogP contribution in [0.4, 0.5) is 0 Å². The number of quaternary nitrogens is 1. The SMILES string of the molecule is CCCCCCCCCCC[N+]1(CCCC)CCCC1.CS(=O)(=O)[O-]. The molecule has 0 aromatic rings. The molecule has 0 aromatic heterocycles. The van der Waals surface area contributed by atoms with Crippen molar-refractivity contribution in [2.45, 2.75) is 97.3 Å². The first-order valence-corrected chi connectivity index (χ1v) is 12.4. The molecule has 152 valence electrons. The van der Waals surface area contributed by atoms with E-state index in [4.69, 9.17) is 13.0 Å². The fourth-order valence-corrected chi connectivity index (χ4v) is 3.82. The number of unbranched alkanes of at least 4 members (excludes halogenated alkanes) is 9. The van der Waals surface area contributed by atoms with Gasteiger partial charge in [-0.05, 0) is 19.3 Å². The molecule has 1 fully saturated rings. The van der Waals surface area contributed by atoms with E-state index in [0.717, 1.165) is 0 Å². The average molecular weight is 378 g/mol. The van der Waals surface area contributed by atoms with Gasteiger partial charge in [-0.2, -0.15) is 0 Å². The number of hydrogen-bond donors (Lipinski definition) is 0. The van der Waals surface area contributed by atoms with Crippen LogP contribution in [-0.2, 0) is 10.1 Å². The Morgan fingerprint density at radius 3 is 1.52 bits per heavy atom. The molecule has 25 heavy (non-hydrogen) atoms. The zero-order valence-electron chi connectivity index (χ0n) is 17.1. The summed E-state index contributed by atoms with van der Waals surface area (Å²) in [5.41, 5.74) is 0. The third kappa shape index (κ3) is 17.1. The summed E-state index contributed by atoms with van der Waals surface area (Å²) in [5, 5.41) is 0. The van der Waals surface area contributed by atoms with E-state index in [1.807, 2.05) is 0 Å². The summed E-state index contributed by atoms with van der Waals surface area (Å²) in [4.78, 5) is 0. The van der Waals surface area contributed by atoms with Crippen molar-refractivity contribution >= 4 is 10.1 Å². The van der Waals surface area contributed by atoms with E-state index in [2.05, 4.69) is 13.8 Å². The second-order valence-corrected chi connectivity index (χ2v) is 9.24. The molecule has 5 heteroatoms. The number of likely N-dealkylation sites (tertiary alicyclic amines) is 1. The highest BCUT2D eigenvalue weighted by molar-refractivity contribution is 7.84. The summed E-state index contributed by atoms with van der Waals surface area (Å²) in [6.07, 6.45) is 19.6. The van der Waals surface area contributed by atoms with Gasteiger partial charge >= 0.3 is 0 Å². The molecule has 0 spiro atoms. The molecule has 1 heterocycles. The lowest BCUT2D eigenvalue weighted by Gasteiger charge is -2.34. The van der Waals surface area contributed by atoms with Crippen molar-refractivity contribution in [3.63, 3.8) is 0 Å². The van der Waals surface area contributed by atoms with E-state index in [1.54, 1.807) is 0 Å². The minimum atomic E-state index is -3.92. The topological polar surface area (TPSA) is 57.2 Å². The van der Waals surface area contributed by atoms with Gasteiger partial charge in [-0.3, -0.25) is 0 Å². The summed E-state index contributed by atoms with van der Waals surface area (Å²) >= 11 is 0. The Bertz CT molecular complexity index is 382. The number of hydrogen-bond acceptors (Lipinski definition) is 3. The zero-order valence-corrected chi connectivity index (χ0v) is 17.9. The maximum atomic E-state index is 9.08. The van der Waals surface area contributed by atoms with Crippen molar-refractivity contribution in [2.75, 3.05) is 32.4 Å². The van der Waals surface area contributed by atoms with Crippen LogP contribution in [0, 0.1) is 0 Å². The minimum absolute atomic E-state index is 0.604. The standard InChI is InChI=1S/C19H40N.CH4O3S/c1-3-5-7-8-9-10-11-12-13-17-20(16-6-4-2)18-14-15-19-20;1-5(2,3)4/h3-19H2,1-2H3;1H3,(H,2,3,4)/q+1;/p-1. The first-order valence-electron chi connectivity index (χ1n) is 10.6. The van der Waals surface area contributed by atoms with Gasteiger partial charge in [0.15, 0.2) is 0 Å². The lowest BCUT2D eigenvalue weighted by molar-refractivity contribution is -0.917. The molecule has 0 aromatic carbocycles. The van der Waals surface area contributed by atoms with Gasteiger partial charge in [0, 0.05) is 19.1 Å². The monoisotopic (exact) mass is 377 g/mol. The summed E-state index contributed by atoms with van der Waals surface area (Å²) in [6.45, 7) is 10.6. The summed E-state index contributed by atoms with van der Waals surface area (Å²) in [7, 11) is -3.92. The highest BCUT2D eigenvalue weighted by Gasteiger charge is 2.30. The van der Waals surface area contributed by atoms with Crippen LogP contribution in [-0.4, -0.2) is 49.9 Å². The van der Waals surface area contributed by atoms with E-state index in [9.17, 15) is 0 Å². The van der Waals surface area contributed by atoms with Gasteiger partial charge < -0.3 is 9.04 Å². The van der Waals surface area contributed by atoms with Crippen LogP contribution in [0.15, 0.2) is 0 Å². The highest BCUT2D eigenvalue weighted by atomic mass is 32.2. The predicted molar refractivity (Wildman–Crippen MR) is 107 cm³/mol. The quantitative estimate of drug-likeness (QED) is 0.255. The summed E-state index contributed by atoms with van der Waals surface area (Å²) in [5.74, 6) is 0. The van der Waals surface area contributed by atoms with Gasteiger partial charge in [-0.15, -0.1) is 0 Å². The third-order valence-electron chi connectivity index (χ3n) is 5.24. The maximum absolute atomic E-state index is 9.08. The molecule has 0 radical (unpaired) electrons. The summed E-state index contributed by atoms with van der Waals surface area (Å²) in [6, 6.07) is 0. The van der Waals surface area contributed by atoms with Gasteiger partial charge in [0.25, 0.3) is 0 Å². The molecule has 4 nitrogen and oxygen atoms in total. The van der Waals surface area contributed by atoms with E-state index in [0.29, 0.717) is 6.26 Å². The Labute approximate surface area is 157 Å². The van der Waals surface area contributed by atoms with E-state index >= 15 is 0 Å². The third-order valence-corrected chi connectivity index (χ3v) is 5.24. The predicted octanol–water partition coefficient (Wildman–Crippen LogP) is 5.09. The first kappa shape index (κ1) is 24.9. The average Bonchev–Trinajstić information content (AvgIpc) is 2.99. The summed E-state index contributed by atoms with van der Waals surface area (Å²) < 4.78 is 28.7. The van der Waals surface area contributed by atoms with Gasteiger partial charge in [0.2, 0.25) is 0 Å². The van der Waals surface area contributed by atoms with Crippen molar-refractivity contribution in [3.8, 4) is 0 Å². The van der Waals surface area contributed by atoms with Crippen LogP contribution in [0.1, 0.15) is 97.3 Å². The molecule has 1 aliphatic heterocycles. The Morgan fingerprint density at radius 2 is 1.08 bits per heavy atom. The maximum Gasteiger partial charge on any atom is 0.0916 e. The van der Waals surface area contributed by atoms with Gasteiger partial charge in [-0.1, -0.05) is 65.2 Å². The van der Waals surface area contributed by atoms with Crippen molar-refractivity contribution in [3.05, 3.63) is 0 Å². The number of nitrogens with zero attached hydrogens (tertiary/aromatic N) is 1. The fourth-order valence-electron chi connectivity index (χ4n) is 3.82. The molecule has 0 saturated carbocycles. The lowest BCUT2D eigenvalue weighted by Crippen LogP contribution is -2.46. The van der Waals surface area contributed by atoms with Gasteiger partial charge in [-0.25, -0.2) is 8.42 Å². The van der Waals surface area contributed by atoms with Crippen LogP contribution in [0.25, 0.3) is 0 Å². The second-order valence-electron chi connectivity index (χ2n) is 7.83. The zero-order chi connectivity index (χ0) is 19.0. The molecule has 0 bridgehead atoms. The van der Waals surface area contributed by atoms with Crippen molar-refractivity contribution in [1.82, 2.24) is 0 Å². The molecular formula is C20H43NO3S. The van der Waals surface area contributed by atoms with E-state index in [1.165, 1.54) is 114 Å². The largest absolute Gasteiger partial charge is 0.748 e. The Hall–Kier alpha value is -0.130. The lowest BCUT2D eigenvalue weighted by atomic mass is 10.1. The van der Waals surface area contributed by atoms with E-state index < -0.39 is 10.1 Å². The van der Waals surface area contributed by atoms with Crippen LogP contribution in [0.5, 0.6) is 0 Å². The van der Waals surface area contributed by atoms with E-state index in [-0.39, 0.29) is 0 Å². The highest BCUT2D eigenvalue weighted by Crippen LogP contribution is 2.22. The molecule has 0 N–H and O–H groups in total. The van der Waals surface area contributed by atoms with Crippen LogP contribution in [0.2, 0.25) is 0 Å². The van der Waals surface area contributed by atoms with Gasteiger partial charge in [0.05, 0.1) is 36.3 Å². The Kier molecular flexibility index (Phi) is 14.9. The van der Waals surface area contributed by atoms with Crippen molar-refractivity contribution < 1.29 is 17.5 Å². The molecule has 0 atom stereocenters. The molecule has 0 unspecified atom stereocenters. The smallest absolute Gasteiger partial charge is 0.0916 e. The molecule has 1 rings (SSSR count). The molecule has 0 aliphatic carbocycles. The van der Waals surface area contributed by atoms with Crippen molar-refractivity contribution in [2.24, 2.45) is 0 Å². The van der Waals surface area contributed by atoms with Gasteiger partial charge in [0.1, 0.15) is 0 Å². The van der Waals surface area contributed by atoms with Crippen LogP contribution < -0.4 is 0 Å². The first-order chi connectivity index (χ1) is 11.8.